The molecule has 27 heavy (non-hydrogen) atoms. The van der Waals surface area contributed by atoms with Gasteiger partial charge in [0, 0.05) is 20.1 Å². The van der Waals surface area contributed by atoms with Crippen molar-refractivity contribution < 1.29 is 18.8 Å². The summed E-state index contributed by atoms with van der Waals surface area (Å²) in [5, 5.41) is 4.06. The van der Waals surface area contributed by atoms with Crippen molar-refractivity contribution in [2.24, 2.45) is 0 Å². The lowest BCUT2D eigenvalue weighted by Crippen LogP contribution is -2.39. The van der Waals surface area contributed by atoms with Crippen molar-refractivity contribution in [1.29, 1.82) is 0 Å². The van der Waals surface area contributed by atoms with Gasteiger partial charge in [0.15, 0.2) is 5.82 Å². The molecule has 1 amide bonds. The van der Waals surface area contributed by atoms with Gasteiger partial charge in [0.2, 0.25) is 11.8 Å². The van der Waals surface area contributed by atoms with Crippen molar-refractivity contribution in [3.8, 4) is 0 Å². The van der Waals surface area contributed by atoms with E-state index in [4.69, 9.17) is 14.0 Å². The first kappa shape index (κ1) is 19.5. The third-order valence-electron chi connectivity index (χ3n) is 4.69. The van der Waals surface area contributed by atoms with Crippen LogP contribution in [0, 0.1) is 0 Å². The van der Waals surface area contributed by atoms with E-state index in [1.807, 2.05) is 35.2 Å². The normalized spacial score (nSPS) is 17.2. The zero-order valence-corrected chi connectivity index (χ0v) is 15.8. The first-order valence-electron chi connectivity index (χ1n) is 9.50. The van der Waals surface area contributed by atoms with Crippen LogP contribution in [0.4, 0.5) is 0 Å². The van der Waals surface area contributed by atoms with Crippen LogP contribution in [0.25, 0.3) is 0 Å². The van der Waals surface area contributed by atoms with Gasteiger partial charge in [-0.25, -0.2) is 0 Å². The molecule has 1 aromatic heterocycles. The number of piperidine rings is 1. The quantitative estimate of drug-likeness (QED) is 0.629. The molecular weight excluding hydrogens is 346 g/mol. The average molecular weight is 373 g/mol. The van der Waals surface area contributed by atoms with Crippen molar-refractivity contribution in [3.63, 3.8) is 0 Å². The minimum absolute atomic E-state index is 0.0764. The van der Waals surface area contributed by atoms with Crippen LogP contribution in [-0.4, -0.2) is 47.8 Å². The molecule has 7 nitrogen and oxygen atoms in total. The summed E-state index contributed by atoms with van der Waals surface area (Å²) in [6.45, 7) is 2.24. The SMILES string of the molecule is COCCC(=O)N1CCCCC1c1nc(CCOCc2ccccc2)no1. The van der Waals surface area contributed by atoms with Crippen LogP contribution < -0.4 is 0 Å². The molecular formula is C20H27N3O4. The number of nitrogens with zero attached hydrogens (tertiary/aromatic N) is 3. The van der Waals surface area contributed by atoms with Gasteiger partial charge in [-0.3, -0.25) is 4.79 Å². The molecule has 146 valence electrons. The van der Waals surface area contributed by atoms with Gasteiger partial charge in [-0.2, -0.15) is 4.98 Å². The summed E-state index contributed by atoms with van der Waals surface area (Å²) >= 11 is 0. The van der Waals surface area contributed by atoms with Crippen LogP contribution in [0.1, 0.15) is 49.0 Å². The second kappa shape index (κ2) is 10.2. The number of hydrogen-bond acceptors (Lipinski definition) is 6. The van der Waals surface area contributed by atoms with E-state index in [1.54, 1.807) is 7.11 Å². The van der Waals surface area contributed by atoms with Crippen molar-refractivity contribution in [1.82, 2.24) is 15.0 Å². The number of benzene rings is 1. The summed E-state index contributed by atoms with van der Waals surface area (Å²) in [4.78, 5) is 18.8. The van der Waals surface area contributed by atoms with Crippen molar-refractivity contribution in [2.75, 3.05) is 26.9 Å². The number of methoxy groups -OCH3 is 1. The monoisotopic (exact) mass is 373 g/mol. The maximum absolute atomic E-state index is 12.4. The Kier molecular flexibility index (Phi) is 7.36. The van der Waals surface area contributed by atoms with E-state index in [0.717, 1.165) is 31.4 Å². The summed E-state index contributed by atoms with van der Waals surface area (Å²) in [6, 6.07) is 9.91. The van der Waals surface area contributed by atoms with E-state index in [9.17, 15) is 4.79 Å². The fourth-order valence-electron chi connectivity index (χ4n) is 3.25. The summed E-state index contributed by atoms with van der Waals surface area (Å²) in [5.41, 5.74) is 1.14. The highest BCUT2D eigenvalue weighted by atomic mass is 16.5. The van der Waals surface area contributed by atoms with Crippen LogP contribution in [-0.2, 0) is 27.3 Å². The van der Waals surface area contributed by atoms with E-state index < -0.39 is 0 Å². The van der Waals surface area contributed by atoms with Gasteiger partial charge in [0.25, 0.3) is 0 Å². The highest BCUT2D eigenvalue weighted by molar-refractivity contribution is 5.76. The summed E-state index contributed by atoms with van der Waals surface area (Å²) < 4.78 is 16.2. The number of carbonyl (C=O) groups excluding carboxylic acids is 1. The molecule has 1 fully saturated rings. The molecule has 0 saturated carbocycles. The maximum atomic E-state index is 12.4. The van der Waals surface area contributed by atoms with Crippen molar-refractivity contribution in [3.05, 3.63) is 47.6 Å². The molecule has 0 radical (unpaired) electrons. The van der Waals surface area contributed by atoms with E-state index in [2.05, 4.69) is 10.1 Å². The lowest BCUT2D eigenvalue weighted by molar-refractivity contribution is -0.136. The Labute approximate surface area is 159 Å². The van der Waals surface area contributed by atoms with Gasteiger partial charge in [-0.05, 0) is 24.8 Å². The third kappa shape index (κ3) is 5.61. The first-order chi connectivity index (χ1) is 13.3. The molecule has 2 heterocycles. The van der Waals surface area contributed by atoms with Gasteiger partial charge in [-0.15, -0.1) is 0 Å². The molecule has 3 rings (SSSR count). The zero-order chi connectivity index (χ0) is 18.9. The molecule has 1 atom stereocenters. The predicted molar refractivity (Wildman–Crippen MR) is 98.9 cm³/mol. The highest BCUT2D eigenvalue weighted by Gasteiger charge is 2.31. The van der Waals surface area contributed by atoms with Crippen molar-refractivity contribution in [2.45, 2.75) is 44.8 Å². The summed E-state index contributed by atoms with van der Waals surface area (Å²) in [7, 11) is 1.60. The zero-order valence-electron chi connectivity index (χ0n) is 15.8. The molecule has 7 heteroatoms. The van der Waals surface area contributed by atoms with Gasteiger partial charge < -0.3 is 18.9 Å². The number of rotatable bonds is 9. The second-order valence-corrected chi connectivity index (χ2v) is 6.68. The minimum atomic E-state index is -0.130. The fraction of sp³-hybridized carbons (Fsp3) is 0.550. The highest BCUT2D eigenvalue weighted by Crippen LogP contribution is 2.30. The summed E-state index contributed by atoms with van der Waals surface area (Å²) in [6.07, 6.45) is 3.87. The van der Waals surface area contributed by atoms with Gasteiger partial charge in [0.05, 0.1) is 26.2 Å². The molecule has 1 unspecified atom stereocenters. The largest absolute Gasteiger partial charge is 0.384 e. The van der Waals surface area contributed by atoms with Crippen LogP contribution in [0.2, 0.25) is 0 Å². The van der Waals surface area contributed by atoms with Gasteiger partial charge in [-0.1, -0.05) is 35.5 Å². The van der Waals surface area contributed by atoms with Crippen molar-refractivity contribution >= 4 is 5.91 Å². The Hall–Kier alpha value is -2.25. The molecule has 1 saturated heterocycles. The van der Waals surface area contributed by atoms with Crippen LogP contribution in [0.15, 0.2) is 34.9 Å². The smallest absolute Gasteiger partial charge is 0.249 e. The Morgan fingerprint density at radius 3 is 2.93 bits per heavy atom. The van der Waals surface area contributed by atoms with Gasteiger partial charge >= 0.3 is 0 Å². The predicted octanol–water partition coefficient (Wildman–Crippen LogP) is 2.92. The topological polar surface area (TPSA) is 77.7 Å². The number of aromatic nitrogens is 2. The lowest BCUT2D eigenvalue weighted by Gasteiger charge is -2.33. The van der Waals surface area contributed by atoms with E-state index in [-0.39, 0.29) is 11.9 Å². The molecule has 0 aliphatic carbocycles. The van der Waals surface area contributed by atoms with Crippen LogP contribution in [0.3, 0.4) is 0 Å². The molecule has 1 aliphatic heterocycles. The summed E-state index contributed by atoms with van der Waals surface area (Å²) in [5.74, 6) is 1.22. The average Bonchev–Trinajstić information content (AvgIpc) is 3.19. The Morgan fingerprint density at radius 1 is 1.26 bits per heavy atom. The number of carbonyl (C=O) groups is 1. The van der Waals surface area contributed by atoms with Crippen LogP contribution in [0.5, 0.6) is 0 Å². The van der Waals surface area contributed by atoms with Gasteiger partial charge in [0.1, 0.15) is 6.04 Å². The van der Waals surface area contributed by atoms with E-state index in [1.165, 1.54) is 0 Å². The first-order valence-corrected chi connectivity index (χ1v) is 9.50. The third-order valence-corrected chi connectivity index (χ3v) is 4.69. The molecule has 1 aliphatic rings. The van der Waals surface area contributed by atoms with E-state index in [0.29, 0.717) is 44.4 Å². The number of likely N-dealkylation sites (tertiary alicyclic amines) is 1. The number of amides is 1. The molecule has 0 N–H and O–H groups in total. The number of hydrogen-bond donors (Lipinski definition) is 0. The Balaban J connectivity index is 1.51. The maximum Gasteiger partial charge on any atom is 0.249 e. The van der Waals surface area contributed by atoms with Crippen LogP contribution >= 0.6 is 0 Å². The molecule has 0 bridgehead atoms. The Bertz CT molecular complexity index is 704. The Morgan fingerprint density at radius 2 is 2.11 bits per heavy atom. The minimum Gasteiger partial charge on any atom is -0.384 e. The van der Waals surface area contributed by atoms with E-state index >= 15 is 0 Å². The molecule has 2 aromatic rings. The standard InChI is InChI=1S/C20H27N3O4/c1-25-13-11-19(24)23-12-6-5-9-17(23)20-21-18(22-27-20)10-14-26-15-16-7-3-2-4-8-16/h2-4,7-8,17H,5-6,9-15H2,1H3. The molecule has 1 aromatic carbocycles. The lowest BCUT2D eigenvalue weighted by atomic mass is 10.0. The fourth-order valence-corrected chi connectivity index (χ4v) is 3.25. The molecule has 0 spiro atoms. The number of ether oxygens (including phenoxy) is 2. The second-order valence-electron chi connectivity index (χ2n) is 6.68.